The van der Waals surface area contributed by atoms with Gasteiger partial charge in [0, 0.05) is 30.0 Å². The molecule has 1 fully saturated rings. The first-order valence-electron chi connectivity index (χ1n) is 6.42. The molecule has 1 saturated heterocycles. The summed E-state index contributed by atoms with van der Waals surface area (Å²) in [5.74, 6) is 0.797. The highest BCUT2D eigenvalue weighted by molar-refractivity contribution is 6.30. The van der Waals surface area contributed by atoms with Gasteiger partial charge in [0.25, 0.3) is 0 Å². The lowest BCUT2D eigenvalue weighted by atomic mass is 9.89. The minimum atomic E-state index is -0.853. The Labute approximate surface area is 116 Å². The number of halogens is 1. The molecule has 102 valence electrons. The number of Topliss-reactive ketones (excluding diaryl/α,β-unsaturated/α-hetero) is 1. The third kappa shape index (κ3) is 2.36. The van der Waals surface area contributed by atoms with E-state index in [1.165, 1.54) is 0 Å². The second kappa shape index (κ2) is 4.78. The van der Waals surface area contributed by atoms with Crippen LogP contribution < -0.4 is 10.5 Å². The van der Waals surface area contributed by atoms with Gasteiger partial charge in [-0.25, -0.2) is 0 Å². The Kier molecular flexibility index (Phi) is 3.25. The van der Waals surface area contributed by atoms with Crippen molar-refractivity contribution >= 4 is 17.4 Å². The van der Waals surface area contributed by atoms with E-state index in [9.17, 15) is 4.79 Å². The number of ether oxygens (including phenoxy) is 2. The predicted molar refractivity (Wildman–Crippen MR) is 71.7 cm³/mol. The Morgan fingerprint density at radius 3 is 3.00 bits per heavy atom. The highest BCUT2D eigenvalue weighted by Crippen LogP contribution is 2.34. The first-order valence-corrected chi connectivity index (χ1v) is 6.80. The lowest BCUT2D eigenvalue weighted by Crippen LogP contribution is -2.49. The highest BCUT2D eigenvalue weighted by Gasteiger charge is 2.38. The van der Waals surface area contributed by atoms with Gasteiger partial charge in [-0.1, -0.05) is 11.6 Å². The second-order valence-electron chi connectivity index (χ2n) is 5.21. The third-order valence-electron chi connectivity index (χ3n) is 3.78. The van der Waals surface area contributed by atoms with Crippen molar-refractivity contribution in [2.45, 2.75) is 24.8 Å². The maximum atomic E-state index is 12.3. The Morgan fingerprint density at radius 1 is 1.42 bits per heavy atom. The molecule has 0 spiro atoms. The van der Waals surface area contributed by atoms with Crippen molar-refractivity contribution in [1.29, 1.82) is 0 Å². The summed E-state index contributed by atoms with van der Waals surface area (Å²) < 4.78 is 10.8. The van der Waals surface area contributed by atoms with Crippen molar-refractivity contribution < 1.29 is 14.3 Å². The van der Waals surface area contributed by atoms with Gasteiger partial charge < -0.3 is 15.2 Å². The zero-order chi connectivity index (χ0) is 13.5. The van der Waals surface area contributed by atoms with Crippen molar-refractivity contribution in [3.63, 3.8) is 0 Å². The number of hydrogen-bond acceptors (Lipinski definition) is 4. The van der Waals surface area contributed by atoms with E-state index < -0.39 is 5.54 Å². The number of carbonyl (C=O) groups is 1. The average Bonchev–Trinajstić information content (AvgIpc) is 2.98. The number of fused-ring (bicyclic) bond motifs is 1. The summed E-state index contributed by atoms with van der Waals surface area (Å²) in [5.41, 5.74) is 7.14. The predicted octanol–water partition coefficient (Wildman–Crippen LogP) is 1.50. The molecular formula is C14H16ClNO3. The van der Waals surface area contributed by atoms with Crippen molar-refractivity contribution in [2.24, 2.45) is 5.73 Å². The summed E-state index contributed by atoms with van der Waals surface area (Å²) in [6.45, 7) is 1.50. The van der Waals surface area contributed by atoms with Crippen LogP contribution in [0.3, 0.4) is 0 Å². The van der Waals surface area contributed by atoms with Crippen LogP contribution in [0.4, 0.5) is 0 Å². The summed E-state index contributed by atoms with van der Waals surface area (Å²) >= 11 is 6.08. The fourth-order valence-electron chi connectivity index (χ4n) is 2.63. The quantitative estimate of drug-likeness (QED) is 0.912. The van der Waals surface area contributed by atoms with E-state index in [2.05, 4.69) is 0 Å². The van der Waals surface area contributed by atoms with Crippen molar-refractivity contribution in [3.05, 3.63) is 28.3 Å². The summed E-state index contributed by atoms with van der Waals surface area (Å²) in [6, 6.07) is 3.69. The maximum Gasteiger partial charge on any atom is 0.159 e. The number of carbonyl (C=O) groups excluding carboxylic acids is 1. The lowest BCUT2D eigenvalue weighted by molar-refractivity contribution is -0.123. The molecule has 1 aromatic carbocycles. The van der Waals surface area contributed by atoms with Gasteiger partial charge >= 0.3 is 0 Å². The first-order chi connectivity index (χ1) is 9.08. The zero-order valence-electron chi connectivity index (χ0n) is 10.6. The topological polar surface area (TPSA) is 61.6 Å². The van der Waals surface area contributed by atoms with E-state index in [0.29, 0.717) is 31.3 Å². The number of benzene rings is 1. The summed E-state index contributed by atoms with van der Waals surface area (Å²) in [5, 5.41) is 0.640. The molecule has 0 bridgehead atoms. The largest absolute Gasteiger partial charge is 0.493 e. The monoisotopic (exact) mass is 281 g/mol. The SMILES string of the molecule is NC1(C(=O)Cc2cc(Cl)cc3c2OCC3)CCOC1. The summed E-state index contributed by atoms with van der Waals surface area (Å²) in [6.07, 6.45) is 1.67. The fourth-order valence-corrected chi connectivity index (χ4v) is 2.89. The molecule has 1 aromatic rings. The molecule has 4 nitrogen and oxygen atoms in total. The first kappa shape index (κ1) is 12.9. The summed E-state index contributed by atoms with van der Waals surface area (Å²) in [4.78, 5) is 12.3. The third-order valence-corrected chi connectivity index (χ3v) is 4.00. The molecule has 19 heavy (non-hydrogen) atoms. The van der Waals surface area contributed by atoms with Crippen molar-refractivity contribution in [1.82, 2.24) is 0 Å². The van der Waals surface area contributed by atoms with E-state index in [0.717, 1.165) is 23.3 Å². The number of ketones is 1. The summed E-state index contributed by atoms with van der Waals surface area (Å²) in [7, 11) is 0. The van der Waals surface area contributed by atoms with Gasteiger partial charge in [-0.05, 0) is 24.1 Å². The molecule has 0 radical (unpaired) electrons. The normalized spacial score (nSPS) is 25.2. The van der Waals surface area contributed by atoms with Crippen LogP contribution >= 0.6 is 11.6 Å². The van der Waals surface area contributed by atoms with Gasteiger partial charge in [0.2, 0.25) is 0 Å². The van der Waals surface area contributed by atoms with Crippen LogP contribution in [0.1, 0.15) is 17.5 Å². The standard InChI is InChI=1S/C14H16ClNO3/c15-11-5-9-1-3-19-13(9)10(6-11)7-12(17)14(16)2-4-18-8-14/h5-6H,1-4,7-8,16H2. The van der Waals surface area contributed by atoms with Crippen LogP contribution in [0.2, 0.25) is 5.02 Å². The minimum Gasteiger partial charge on any atom is -0.493 e. The van der Waals surface area contributed by atoms with Gasteiger partial charge in [0.05, 0.1) is 13.2 Å². The Bertz CT molecular complexity index is 524. The van der Waals surface area contributed by atoms with Crippen LogP contribution in [0.15, 0.2) is 12.1 Å². The van der Waals surface area contributed by atoms with Gasteiger partial charge in [-0.3, -0.25) is 4.79 Å². The molecule has 0 amide bonds. The lowest BCUT2D eigenvalue weighted by Gasteiger charge is -2.20. The van der Waals surface area contributed by atoms with Crippen LogP contribution in [0, 0.1) is 0 Å². The van der Waals surface area contributed by atoms with E-state index in [-0.39, 0.29) is 12.2 Å². The van der Waals surface area contributed by atoms with Crippen LogP contribution in [0.25, 0.3) is 0 Å². The van der Waals surface area contributed by atoms with Crippen LogP contribution in [-0.2, 0) is 22.4 Å². The van der Waals surface area contributed by atoms with Gasteiger partial charge in [-0.15, -0.1) is 0 Å². The minimum absolute atomic E-state index is 0.00929. The van der Waals surface area contributed by atoms with E-state index in [4.69, 9.17) is 26.8 Å². The van der Waals surface area contributed by atoms with Crippen molar-refractivity contribution in [2.75, 3.05) is 19.8 Å². The van der Waals surface area contributed by atoms with E-state index in [1.807, 2.05) is 6.07 Å². The van der Waals surface area contributed by atoms with Crippen LogP contribution in [-0.4, -0.2) is 31.1 Å². The Morgan fingerprint density at radius 2 is 2.26 bits per heavy atom. The van der Waals surface area contributed by atoms with Crippen LogP contribution in [0.5, 0.6) is 5.75 Å². The molecule has 2 N–H and O–H groups in total. The molecule has 0 aliphatic carbocycles. The van der Waals surface area contributed by atoms with Gasteiger partial charge in [0.1, 0.15) is 11.3 Å². The molecule has 0 saturated carbocycles. The number of hydrogen-bond donors (Lipinski definition) is 1. The molecule has 5 heteroatoms. The molecule has 1 unspecified atom stereocenters. The van der Waals surface area contributed by atoms with E-state index >= 15 is 0 Å². The number of nitrogens with two attached hydrogens (primary N) is 1. The number of rotatable bonds is 3. The Hall–Kier alpha value is -1.10. The molecular weight excluding hydrogens is 266 g/mol. The Balaban J connectivity index is 1.86. The van der Waals surface area contributed by atoms with E-state index in [1.54, 1.807) is 6.07 Å². The molecule has 2 aliphatic heterocycles. The maximum absolute atomic E-state index is 12.3. The average molecular weight is 282 g/mol. The molecule has 2 aliphatic rings. The molecule has 1 atom stereocenters. The smallest absolute Gasteiger partial charge is 0.159 e. The zero-order valence-corrected chi connectivity index (χ0v) is 11.3. The van der Waals surface area contributed by atoms with Gasteiger partial charge in [-0.2, -0.15) is 0 Å². The second-order valence-corrected chi connectivity index (χ2v) is 5.65. The fraction of sp³-hybridized carbons (Fsp3) is 0.500. The van der Waals surface area contributed by atoms with Crippen molar-refractivity contribution in [3.8, 4) is 5.75 Å². The van der Waals surface area contributed by atoms with Gasteiger partial charge in [0.15, 0.2) is 5.78 Å². The molecule has 0 aromatic heterocycles. The highest BCUT2D eigenvalue weighted by atomic mass is 35.5. The molecule has 3 rings (SSSR count). The molecule has 2 heterocycles.